The largest absolute Gasteiger partial charge is 0.368 e. The lowest BCUT2D eigenvalue weighted by atomic mass is 9.95. The third-order valence-electron chi connectivity index (χ3n) is 4.36. The molecule has 0 radical (unpaired) electrons. The lowest BCUT2D eigenvalue weighted by Gasteiger charge is -2.39. The molecule has 1 atom stereocenters. The zero-order valence-corrected chi connectivity index (χ0v) is 16.3. The number of piperazine rings is 1. The number of rotatable bonds is 5. The number of nitrogens with zero attached hydrogens (tertiary/aromatic N) is 2. The van der Waals surface area contributed by atoms with Crippen molar-refractivity contribution in [3.05, 3.63) is 24.3 Å². The van der Waals surface area contributed by atoms with Crippen LogP contribution in [-0.4, -0.2) is 50.9 Å². The van der Waals surface area contributed by atoms with Crippen LogP contribution in [0.15, 0.2) is 29.2 Å². The first kappa shape index (κ1) is 21.7. The summed E-state index contributed by atoms with van der Waals surface area (Å²) in [5.74, 6) is -0.00595. The summed E-state index contributed by atoms with van der Waals surface area (Å²) in [6.07, 6.45) is 1.54. The molecule has 142 valence electrons. The number of sulfonamides is 1. The maximum Gasteiger partial charge on any atom is 0.242 e. The number of hydrogen-bond acceptors (Lipinski definition) is 5. The Labute approximate surface area is 155 Å². The standard InChI is InChI=1S/C16H26N4O3S.ClH/c1-3-8-16(2,17)15(21)20-11-9-19(10-12-20)13-4-6-14(7-5-13)24(18,22)23;/h4-7H,3,8-12,17H2,1-2H3,(H2,18,22,23);1H. The van der Waals surface area contributed by atoms with Gasteiger partial charge in [-0.2, -0.15) is 0 Å². The molecule has 2 rings (SSSR count). The molecule has 1 aromatic carbocycles. The molecule has 0 aromatic heterocycles. The van der Waals surface area contributed by atoms with Crippen molar-refractivity contribution in [2.75, 3.05) is 31.1 Å². The molecular weight excluding hydrogens is 364 g/mol. The van der Waals surface area contributed by atoms with Gasteiger partial charge in [-0.1, -0.05) is 13.3 Å². The van der Waals surface area contributed by atoms with Crippen molar-refractivity contribution in [1.82, 2.24) is 4.90 Å². The minimum atomic E-state index is -3.68. The Balaban J connectivity index is 0.00000312. The van der Waals surface area contributed by atoms with Gasteiger partial charge in [0.25, 0.3) is 0 Å². The molecule has 1 aromatic rings. The number of halogens is 1. The summed E-state index contributed by atoms with van der Waals surface area (Å²) in [6, 6.07) is 6.48. The SMILES string of the molecule is CCCC(C)(N)C(=O)N1CCN(c2ccc(S(N)(=O)=O)cc2)CC1.Cl. The molecule has 1 aliphatic rings. The minimum Gasteiger partial charge on any atom is -0.368 e. The van der Waals surface area contributed by atoms with Gasteiger partial charge in [0.05, 0.1) is 10.4 Å². The molecule has 1 amide bonds. The Hall–Kier alpha value is -1.35. The molecule has 7 nitrogen and oxygen atoms in total. The fraction of sp³-hybridized carbons (Fsp3) is 0.562. The number of benzene rings is 1. The quantitative estimate of drug-likeness (QED) is 0.776. The first-order chi connectivity index (χ1) is 11.1. The van der Waals surface area contributed by atoms with E-state index in [4.69, 9.17) is 10.9 Å². The zero-order valence-electron chi connectivity index (χ0n) is 14.6. The average molecular weight is 391 g/mol. The summed E-state index contributed by atoms with van der Waals surface area (Å²) >= 11 is 0. The summed E-state index contributed by atoms with van der Waals surface area (Å²) in [4.78, 5) is 16.5. The number of carbonyl (C=O) groups is 1. The number of anilines is 1. The monoisotopic (exact) mass is 390 g/mol. The highest BCUT2D eigenvalue weighted by atomic mass is 35.5. The van der Waals surface area contributed by atoms with Crippen molar-refractivity contribution in [2.24, 2.45) is 10.9 Å². The van der Waals surface area contributed by atoms with E-state index in [1.165, 1.54) is 12.1 Å². The Kier molecular flexibility index (Phi) is 7.25. The number of hydrogen-bond donors (Lipinski definition) is 2. The van der Waals surface area contributed by atoms with Crippen LogP contribution >= 0.6 is 12.4 Å². The van der Waals surface area contributed by atoms with Crippen LogP contribution < -0.4 is 15.8 Å². The highest BCUT2D eigenvalue weighted by Gasteiger charge is 2.33. The first-order valence-electron chi connectivity index (χ1n) is 8.11. The maximum atomic E-state index is 12.5. The highest BCUT2D eigenvalue weighted by Crippen LogP contribution is 2.20. The van der Waals surface area contributed by atoms with E-state index < -0.39 is 15.6 Å². The summed E-state index contributed by atoms with van der Waals surface area (Å²) in [7, 11) is -3.68. The number of primary sulfonamides is 1. The Morgan fingerprint density at radius 2 is 1.68 bits per heavy atom. The van der Waals surface area contributed by atoms with Crippen molar-refractivity contribution in [1.29, 1.82) is 0 Å². The van der Waals surface area contributed by atoms with Crippen LogP contribution in [0.3, 0.4) is 0 Å². The van der Waals surface area contributed by atoms with Crippen LogP contribution in [-0.2, 0) is 14.8 Å². The molecule has 1 saturated heterocycles. The van der Waals surface area contributed by atoms with E-state index >= 15 is 0 Å². The number of nitrogens with two attached hydrogens (primary N) is 2. The summed E-state index contributed by atoms with van der Waals surface area (Å²) in [5, 5.41) is 5.10. The minimum absolute atomic E-state index is 0. The summed E-state index contributed by atoms with van der Waals surface area (Å²) < 4.78 is 22.6. The predicted molar refractivity (Wildman–Crippen MR) is 101 cm³/mol. The van der Waals surface area contributed by atoms with Gasteiger partial charge in [-0.15, -0.1) is 12.4 Å². The smallest absolute Gasteiger partial charge is 0.242 e. The fourth-order valence-electron chi connectivity index (χ4n) is 3.00. The van der Waals surface area contributed by atoms with Gasteiger partial charge in [0.15, 0.2) is 0 Å². The van der Waals surface area contributed by atoms with Gasteiger partial charge in [0, 0.05) is 31.9 Å². The maximum absolute atomic E-state index is 12.5. The Bertz CT molecular complexity index is 684. The Morgan fingerprint density at radius 3 is 2.12 bits per heavy atom. The van der Waals surface area contributed by atoms with Gasteiger partial charge >= 0.3 is 0 Å². The Morgan fingerprint density at radius 1 is 1.16 bits per heavy atom. The number of carbonyl (C=O) groups excluding carboxylic acids is 1. The third-order valence-corrected chi connectivity index (χ3v) is 5.28. The molecule has 0 saturated carbocycles. The van der Waals surface area contributed by atoms with Crippen LogP contribution in [0.4, 0.5) is 5.69 Å². The van der Waals surface area contributed by atoms with E-state index in [2.05, 4.69) is 4.90 Å². The highest BCUT2D eigenvalue weighted by molar-refractivity contribution is 7.89. The van der Waals surface area contributed by atoms with E-state index in [1.807, 2.05) is 11.8 Å². The van der Waals surface area contributed by atoms with E-state index in [0.717, 1.165) is 12.1 Å². The predicted octanol–water partition coefficient (Wildman–Crippen LogP) is 0.922. The van der Waals surface area contributed by atoms with Gasteiger partial charge < -0.3 is 15.5 Å². The molecule has 1 fully saturated rings. The topological polar surface area (TPSA) is 110 Å². The lowest BCUT2D eigenvalue weighted by molar-refractivity contribution is -0.137. The second-order valence-corrected chi connectivity index (χ2v) is 8.05. The van der Waals surface area contributed by atoms with E-state index in [-0.39, 0.29) is 23.2 Å². The van der Waals surface area contributed by atoms with Gasteiger partial charge in [-0.25, -0.2) is 13.6 Å². The molecule has 25 heavy (non-hydrogen) atoms. The lowest BCUT2D eigenvalue weighted by Crippen LogP contribution is -2.58. The first-order valence-corrected chi connectivity index (χ1v) is 9.66. The van der Waals surface area contributed by atoms with Crippen LogP contribution in [0.25, 0.3) is 0 Å². The molecule has 1 aliphatic heterocycles. The second-order valence-electron chi connectivity index (χ2n) is 6.49. The van der Waals surface area contributed by atoms with Crippen molar-refractivity contribution in [2.45, 2.75) is 37.1 Å². The van der Waals surface area contributed by atoms with Gasteiger partial charge in [0.1, 0.15) is 0 Å². The average Bonchev–Trinajstić information content (AvgIpc) is 2.53. The molecule has 0 bridgehead atoms. The number of amides is 1. The molecule has 0 spiro atoms. The zero-order chi connectivity index (χ0) is 18.0. The molecule has 0 aliphatic carbocycles. The molecule has 4 N–H and O–H groups in total. The molecule has 1 heterocycles. The van der Waals surface area contributed by atoms with Crippen molar-refractivity contribution < 1.29 is 13.2 Å². The second kappa shape index (κ2) is 8.35. The molecular formula is C16H27ClN4O3S. The van der Waals surface area contributed by atoms with Crippen LogP contribution in [0.5, 0.6) is 0 Å². The van der Waals surface area contributed by atoms with Gasteiger partial charge in [-0.05, 0) is 37.6 Å². The molecule has 9 heteroatoms. The van der Waals surface area contributed by atoms with Crippen molar-refractivity contribution >= 4 is 34.0 Å². The summed E-state index contributed by atoms with van der Waals surface area (Å²) in [5.41, 5.74) is 6.24. The van der Waals surface area contributed by atoms with Gasteiger partial charge in [0.2, 0.25) is 15.9 Å². The summed E-state index contributed by atoms with van der Waals surface area (Å²) in [6.45, 7) is 6.38. The van der Waals surface area contributed by atoms with Crippen molar-refractivity contribution in [3.8, 4) is 0 Å². The van der Waals surface area contributed by atoms with E-state index in [0.29, 0.717) is 32.6 Å². The van der Waals surface area contributed by atoms with E-state index in [1.54, 1.807) is 19.1 Å². The molecule has 1 unspecified atom stereocenters. The normalized spacial score (nSPS) is 17.6. The van der Waals surface area contributed by atoms with Crippen LogP contribution in [0.2, 0.25) is 0 Å². The third kappa shape index (κ3) is 5.31. The fourth-order valence-corrected chi connectivity index (χ4v) is 3.52. The van der Waals surface area contributed by atoms with Crippen LogP contribution in [0.1, 0.15) is 26.7 Å². The van der Waals surface area contributed by atoms with E-state index in [9.17, 15) is 13.2 Å². The van der Waals surface area contributed by atoms with Crippen LogP contribution in [0, 0.1) is 0 Å². The van der Waals surface area contributed by atoms with Crippen molar-refractivity contribution in [3.63, 3.8) is 0 Å². The van der Waals surface area contributed by atoms with Gasteiger partial charge in [-0.3, -0.25) is 4.79 Å².